The summed E-state index contributed by atoms with van der Waals surface area (Å²) < 4.78 is 3.25. The van der Waals surface area contributed by atoms with Crippen molar-refractivity contribution in [3.63, 3.8) is 0 Å². The summed E-state index contributed by atoms with van der Waals surface area (Å²) in [6, 6.07) is 8.17. The molecule has 0 saturated heterocycles. The number of halogens is 2. The zero-order valence-electron chi connectivity index (χ0n) is 10.4. The van der Waals surface area contributed by atoms with Gasteiger partial charge in [-0.3, -0.25) is 0 Å². The summed E-state index contributed by atoms with van der Waals surface area (Å²) in [6.45, 7) is 5.33. The molecule has 0 aliphatic rings. The van der Waals surface area contributed by atoms with Crippen LogP contribution < -0.4 is 0 Å². The second kappa shape index (κ2) is 5.97. The Hall–Kier alpha value is -0.680. The molecule has 1 aromatic carbocycles. The molecule has 0 amide bonds. The molecule has 3 nitrogen and oxygen atoms in total. The van der Waals surface area contributed by atoms with Crippen molar-refractivity contribution in [3.8, 4) is 11.4 Å². The fourth-order valence-electron chi connectivity index (χ4n) is 1.80. The maximum absolute atomic E-state index is 4.31. The lowest BCUT2D eigenvalue weighted by molar-refractivity contribution is 0.516. The average molecular weight is 373 g/mol. The molecule has 18 heavy (non-hydrogen) atoms. The van der Waals surface area contributed by atoms with Crippen molar-refractivity contribution in [1.29, 1.82) is 0 Å². The standard InChI is InChI=1S/C13H15Br2N3/c1-9(2)8-18-12(7-14)16-17-13(18)10-3-5-11(15)6-4-10/h3-6,9H,7-8H2,1-2H3. The van der Waals surface area contributed by atoms with Gasteiger partial charge in [0.2, 0.25) is 0 Å². The number of aromatic nitrogens is 3. The maximum atomic E-state index is 4.31. The molecular formula is C13H15Br2N3. The van der Waals surface area contributed by atoms with Crippen LogP contribution in [-0.2, 0) is 11.9 Å². The largest absolute Gasteiger partial charge is 0.310 e. The van der Waals surface area contributed by atoms with Crippen molar-refractivity contribution >= 4 is 31.9 Å². The predicted octanol–water partition coefficient (Wildman–Crippen LogP) is 4.26. The monoisotopic (exact) mass is 371 g/mol. The number of nitrogens with zero attached hydrogens (tertiary/aromatic N) is 3. The fraction of sp³-hybridized carbons (Fsp3) is 0.385. The summed E-state index contributed by atoms with van der Waals surface area (Å²) in [5.41, 5.74) is 1.10. The van der Waals surface area contributed by atoms with Crippen molar-refractivity contribution in [2.75, 3.05) is 0 Å². The number of hydrogen-bond acceptors (Lipinski definition) is 2. The van der Waals surface area contributed by atoms with Crippen LogP contribution in [0.1, 0.15) is 19.7 Å². The minimum Gasteiger partial charge on any atom is -0.310 e. The molecule has 0 atom stereocenters. The summed E-state index contributed by atoms with van der Waals surface area (Å²) >= 11 is 6.91. The van der Waals surface area contributed by atoms with E-state index in [1.807, 2.05) is 12.1 Å². The fourth-order valence-corrected chi connectivity index (χ4v) is 2.48. The highest BCUT2D eigenvalue weighted by atomic mass is 79.9. The van der Waals surface area contributed by atoms with Gasteiger partial charge in [-0.15, -0.1) is 10.2 Å². The molecule has 5 heteroatoms. The van der Waals surface area contributed by atoms with E-state index in [-0.39, 0.29) is 0 Å². The van der Waals surface area contributed by atoms with Gasteiger partial charge in [0.15, 0.2) is 5.82 Å². The minimum absolute atomic E-state index is 0.563. The van der Waals surface area contributed by atoms with Crippen molar-refractivity contribution in [1.82, 2.24) is 14.8 Å². The first-order chi connectivity index (χ1) is 8.61. The molecule has 1 aromatic heterocycles. The zero-order valence-corrected chi connectivity index (χ0v) is 13.6. The second-order valence-electron chi connectivity index (χ2n) is 4.58. The zero-order chi connectivity index (χ0) is 13.1. The van der Waals surface area contributed by atoms with Crippen molar-refractivity contribution in [3.05, 3.63) is 34.6 Å². The number of benzene rings is 1. The summed E-state index contributed by atoms with van der Waals surface area (Å²) in [5, 5.41) is 9.27. The highest BCUT2D eigenvalue weighted by molar-refractivity contribution is 9.10. The first-order valence-electron chi connectivity index (χ1n) is 5.85. The van der Waals surface area contributed by atoms with E-state index in [9.17, 15) is 0 Å². The van der Waals surface area contributed by atoms with Gasteiger partial charge >= 0.3 is 0 Å². The van der Waals surface area contributed by atoms with Gasteiger partial charge in [0.1, 0.15) is 5.82 Å². The highest BCUT2D eigenvalue weighted by Crippen LogP contribution is 2.22. The van der Waals surface area contributed by atoms with Gasteiger partial charge in [0, 0.05) is 16.6 Å². The van der Waals surface area contributed by atoms with Gasteiger partial charge in [0.25, 0.3) is 0 Å². The van der Waals surface area contributed by atoms with E-state index in [0.29, 0.717) is 5.92 Å². The molecule has 0 bridgehead atoms. The number of alkyl halides is 1. The smallest absolute Gasteiger partial charge is 0.163 e. The number of hydrogen-bond donors (Lipinski definition) is 0. The topological polar surface area (TPSA) is 30.7 Å². The van der Waals surface area contributed by atoms with Crippen LogP contribution >= 0.6 is 31.9 Å². The van der Waals surface area contributed by atoms with E-state index < -0.39 is 0 Å². The van der Waals surface area contributed by atoms with Crippen LogP contribution in [0.4, 0.5) is 0 Å². The van der Waals surface area contributed by atoms with Gasteiger partial charge in [-0.25, -0.2) is 0 Å². The van der Waals surface area contributed by atoms with Crippen LogP contribution in [0.2, 0.25) is 0 Å². The molecule has 96 valence electrons. The van der Waals surface area contributed by atoms with E-state index in [4.69, 9.17) is 0 Å². The van der Waals surface area contributed by atoms with E-state index >= 15 is 0 Å². The minimum atomic E-state index is 0.563. The molecule has 0 radical (unpaired) electrons. The summed E-state index contributed by atoms with van der Waals surface area (Å²) in [6.07, 6.45) is 0. The van der Waals surface area contributed by atoms with Gasteiger partial charge in [0.05, 0.1) is 5.33 Å². The first-order valence-corrected chi connectivity index (χ1v) is 7.77. The third-order valence-corrected chi connectivity index (χ3v) is 3.63. The second-order valence-corrected chi connectivity index (χ2v) is 6.06. The highest BCUT2D eigenvalue weighted by Gasteiger charge is 2.13. The Morgan fingerprint density at radius 1 is 1.17 bits per heavy atom. The quantitative estimate of drug-likeness (QED) is 0.750. The molecular weight excluding hydrogens is 358 g/mol. The predicted molar refractivity (Wildman–Crippen MR) is 80.6 cm³/mol. The van der Waals surface area contributed by atoms with Gasteiger partial charge < -0.3 is 4.57 Å². The average Bonchev–Trinajstić information content (AvgIpc) is 2.72. The lowest BCUT2D eigenvalue weighted by Crippen LogP contribution is -2.09. The van der Waals surface area contributed by atoms with E-state index in [0.717, 1.165) is 33.6 Å². The molecule has 0 aliphatic heterocycles. The Morgan fingerprint density at radius 3 is 2.39 bits per heavy atom. The Bertz CT molecular complexity index is 518. The van der Waals surface area contributed by atoms with Crippen molar-refractivity contribution < 1.29 is 0 Å². The van der Waals surface area contributed by atoms with Crippen LogP contribution in [0.5, 0.6) is 0 Å². The first kappa shape index (κ1) is 13.7. The Labute approximate surface area is 124 Å². The van der Waals surface area contributed by atoms with Crippen LogP contribution in [0.3, 0.4) is 0 Å². The summed E-state index contributed by atoms with van der Waals surface area (Å²) in [7, 11) is 0. The normalized spacial score (nSPS) is 11.2. The molecule has 0 N–H and O–H groups in total. The molecule has 0 saturated carbocycles. The van der Waals surface area contributed by atoms with Crippen molar-refractivity contribution in [2.45, 2.75) is 25.7 Å². The van der Waals surface area contributed by atoms with Crippen molar-refractivity contribution in [2.24, 2.45) is 5.92 Å². The van der Waals surface area contributed by atoms with Crippen LogP contribution in [-0.4, -0.2) is 14.8 Å². The van der Waals surface area contributed by atoms with Gasteiger partial charge in [-0.2, -0.15) is 0 Å². The van der Waals surface area contributed by atoms with E-state index in [1.54, 1.807) is 0 Å². The van der Waals surface area contributed by atoms with Crippen LogP contribution in [0.15, 0.2) is 28.7 Å². The van der Waals surface area contributed by atoms with E-state index in [2.05, 4.69) is 72.6 Å². The van der Waals surface area contributed by atoms with Gasteiger partial charge in [-0.05, 0) is 18.1 Å². The van der Waals surface area contributed by atoms with Gasteiger partial charge in [-0.1, -0.05) is 57.8 Å². The molecule has 1 heterocycles. The lowest BCUT2D eigenvalue weighted by Gasteiger charge is -2.11. The summed E-state index contributed by atoms with van der Waals surface area (Å²) in [4.78, 5) is 0. The Kier molecular flexibility index (Phi) is 4.56. The molecule has 0 fully saturated rings. The van der Waals surface area contributed by atoms with Crippen LogP contribution in [0, 0.1) is 5.92 Å². The summed E-state index contributed by atoms with van der Waals surface area (Å²) in [5.74, 6) is 2.47. The lowest BCUT2D eigenvalue weighted by atomic mass is 10.2. The maximum Gasteiger partial charge on any atom is 0.163 e. The third-order valence-electron chi connectivity index (χ3n) is 2.60. The molecule has 0 spiro atoms. The SMILES string of the molecule is CC(C)Cn1c(CBr)nnc1-c1ccc(Br)cc1. The van der Waals surface area contributed by atoms with Crippen LogP contribution in [0.25, 0.3) is 11.4 Å². The number of rotatable bonds is 4. The van der Waals surface area contributed by atoms with E-state index in [1.165, 1.54) is 0 Å². The Morgan fingerprint density at radius 2 is 1.83 bits per heavy atom. The molecule has 2 aromatic rings. The Balaban J connectivity index is 2.43. The molecule has 2 rings (SSSR count). The molecule has 0 aliphatic carbocycles. The third kappa shape index (κ3) is 3.01. The molecule has 0 unspecified atom stereocenters.